The lowest BCUT2D eigenvalue weighted by molar-refractivity contribution is -0.143. The monoisotopic (exact) mass is 270 g/mol. The fourth-order valence-electron chi connectivity index (χ4n) is 2.94. The van der Waals surface area contributed by atoms with Gasteiger partial charge < -0.3 is 14.7 Å². The minimum Gasteiger partial charge on any atom is -0.480 e. The maximum absolute atomic E-state index is 10.9. The van der Waals surface area contributed by atoms with E-state index in [0.29, 0.717) is 6.10 Å². The molecule has 2 saturated heterocycles. The fourth-order valence-corrected chi connectivity index (χ4v) is 2.94. The number of aliphatic carboxylic acids is 1. The molecule has 2 rings (SSSR count). The molecule has 0 radical (unpaired) electrons. The number of carboxylic acid groups (broad SMARTS) is 1. The van der Waals surface area contributed by atoms with E-state index in [0.717, 1.165) is 39.1 Å². The number of hydrogen-bond acceptors (Lipinski definition) is 4. The molecule has 0 aliphatic carbocycles. The van der Waals surface area contributed by atoms with Crippen LogP contribution in [-0.4, -0.2) is 72.4 Å². The van der Waals surface area contributed by atoms with Gasteiger partial charge in [-0.05, 0) is 45.7 Å². The Balaban J connectivity index is 1.59. The first-order chi connectivity index (χ1) is 9.16. The van der Waals surface area contributed by atoms with Gasteiger partial charge >= 0.3 is 5.97 Å². The molecule has 1 N–H and O–H groups in total. The van der Waals surface area contributed by atoms with E-state index in [2.05, 4.69) is 4.90 Å². The predicted molar refractivity (Wildman–Crippen MR) is 73.3 cm³/mol. The molecule has 0 aromatic heterocycles. The molecule has 0 saturated carbocycles. The minimum atomic E-state index is -0.728. The largest absolute Gasteiger partial charge is 0.480 e. The van der Waals surface area contributed by atoms with Crippen molar-refractivity contribution in [3.05, 3.63) is 0 Å². The van der Waals surface area contributed by atoms with Crippen LogP contribution in [0.2, 0.25) is 0 Å². The van der Waals surface area contributed by atoms with Gasteiger partial charge in [-0.2, -0.15) is 0 Å². The molecule has 5 nitrogen and oxygen atoms in total. The van der Waals surface area contributed by atoms with Crippen LogP contribution in [0.1, 0.15) is 32.6 Å². The smallest absolute Gasteiger partial charge is 0.320 e. The third-order valence-corrected chi connectivity index (χ3v) is 4.34. The molecule has 1 unspecified atom stereocenters. The lowest BCUT2D eigenvalue weighted by Crippen LogP contribution is -2.45. The van der Waals surface area contributed by atoms with Gasteiger partial charge in [-0.15, -0.1) is 0 Å². The van der Waals surface area contributed by atoms with E-state index < -0.39 is 5.97 Å². The summed E-state index contributed by atoms with van der Waals surface area (Å²) >= 11 is 0. The number of piperidine rings is 1. The van der Waals surface area contributed by atoms with Crippen LogP contribution in [0.15, 0.2) is 0 Å². The maximum Gasteiger partial charge on any atom is 0.320 e. The Morgan fingerprint density at radius 1 is 1.26 bits per heavy atom. The zero-order valence-electron chi connectivity index (χ0n) is 11.9. The third-order valence-electron chi connectivity index (χ3n) is 4.34. The summed E-state index contributed by atoms with van der Waals surface area (Å²) in [6.07, 6.45) is 4.88. The molecular formula is C14H26N2O3. The highest BCUT2D eigenvalue weighted by Gasteiger charge is 2.26. The Kier molecular flexibility index (Phi) is 5.60. The number of carbonyl (C=O) groups is 1. The molecule has 1 atom stereocenters. The van der Waals surface area contributed by atoms with Crippen LogP contribution < -0.4 is 0 Å². The molecule has 2 heterocycles. The summed E-state index contributed by atoms with van der Waals surface area (Å²) in [7, 11) is 0. The Morgan fingerprint density at radius 3 is 2.47 bits per heavy atom. The number of rotatable bonds is 6. The first-order valence-corrected chi connectivity index (χ1v) is 7.47. The Bertz CT molecular complexity index is 284. The Labute approximate surface area is 115 Å². The van der Waals surface area contributed by atoms with Crippen molar-refractivity contribution in [1.29, 1.82) is 0 Å². The summed E-state index contributed by atoms with van der Waals surface area (Å²) in [5.41, 5.74) is 0. The van der Waals surface area contributed by atoms with Crippen LogP contribution in [0, 0.1) is 0 Å². The second-order valence-corrected chi connectivity index (χ2v) is 5.67. The van der Waals surface area contributed by atoms with Crippen molar-refractivity contribution in [3.63, 3.8) is 0 Å². The van der Waals surface area contributed by atoms with Gasteiger partial charge in [-0.1, -0.05) is 0 Å². The maximum atomic E-state index is 10.9. The molecule has 2 fully saturated rings. The average molecular weight is 270 g/mol. The first kappa shape index (κ1) is 14.8. The number of hydrogen-bond donors (Lipinski definition) is 1. The first-order valence-electron chi connectivity index (χ1n) is 7.47. The normalized spacial score (nSPS) is 24.7. The van der Waals surface area contributed by atoms with E-state index in [-0.39, 0.29) is 6.04 Å². The van der Waals surface area contributed by atoms with Gasteiger partial charge in [0.15, 0.2) is 0 Å². The summed E-state index contributed by atoms with van der Waals surface area (Å²) in [4.78, 5) is 15.4. The zero-order chi connectivity index (χ0) is 13.7. The van der Waals surface area contributed by atoms with Gasteiger partial charge in [0.25, 0.3) is 0 Å². The molecule has 2 aliphatic heterocycles. The van der Waals surface area contributed by atoms with Gasteiger partial charge in [0, 0.05) is 19.6 Å². The van der Waals surface area contributed by atoms with Crippen LogP contribution in [0.4, 0.5) is 0 Å². The summed E-state index contributed by atoms with van der Waals surface area (Å²) in [6.45, 7) is 7.74. The lowest BCUT2D eigenvalue weighted by Gasteiger charge is -2.34. The van der Waals surface area contributed by atoms with E-state index >= 15 is 0 Å². The highest BCUT2D eigenvalue weighted by molar-refractivity contribution is 5.72. The van der Waals surface area contributed by atoms with E-state index in [1.165, 1.54) is 25.9 Å². The molecule has 0 bridgehead atoms. The zero-order valence-corrected chi connectivity index (χ0v) is 11.9. The molecule has 0 aromatic carbocycles. The molecule has 2 aliphatic rings. The van der Waals surface area contributed by atoms with Crippen LogP contribution in [-0.2, 0) is 9.53 Å². The number of likely N-dealkylation sites (tertiary alicyclic amines) is 2. The van der Waals surface area contributed by atoms with E-state index in [1.54, 1.807) is 6.92 Å². The van der Waals surface area contributed by atoms with Crippen LogP contribution in [0.5, 0.6) is 0 Å². The van der Waals surface area contributed by atoms with E-state index in [9.17, 15) is 4.79 Å². The second kappa shape index (κ2) is 7.22. The highest BCUT2D eigenvalue weighted by atomic mass is 16.5. The standard InChI is InChI=1S/C14H26N2O3/c1-12(14(17)18)16-8-4-13(5-9-16)19-11-10-15-6-2-3-7-15/h12-13H,2-11H2,1H3,(H,17,18). The van der Waals surface area contributed by atoms with Gasteiger partial charge in [0.1, 0.15) is 6.04 Å². The summed E-state index contributed by atoms with van der Waals surface area (Å²) in [5.74, 6) is -0.728. The van der Waals surface area contributed by atoms with Crippen molar-refractivity contribution in [2.45, 2.75) is 44.8 Å². The topological polar surface area (TPSA) is 53.0 Å². The average Bonchev–Trinajstić information content (AvgIpc) is 2.92. The molecule has 0 amide bonds. The van der Waals surface area contributed by atoms with Crippen LogP contribution in [0.25, 0.3) is 0 Å². The summed E-state index contributed by atoms with van der Waals surface area (Å²) in [6, 6.07) is -0.370. The van der Waals surface area contributed by atoms with E-state index in [4.69, 9.17) is 9.84 Å². The van der Waals surface area contributed by atoms with Crippen molar-refractivity contribution in [2.75, 3.05) is 39.3 Å². The van der Waals surface area contributed by atoms with Crippen LogP contribution in [0.3, 0.4) is 0 Å². The summed E-state index contributed by atoms with van der Waals surface area (Å²) in [5, 5.41) is 8.98. The number of ether oxygens (including phenoxy) is 1. The van der Waals surface area contributed by atoms with Gasteiger partial charge in [0.2, 0.25) is 0 Å². The van der Waals surface area contributed by atoms with E-state index in [1.807, 2.05) is 4.90 Å². The molecule has 19 heavy (non-hydrogen) atoms. The molecule has 5 heteroatoms. The SMILES string of the molecule is CC(C(=O)O)N1CCC(OCCN2CCCC2)CC1. The Morgan fingerprint density at radius 2 is 1.89 bits per heavy atom. The predicted octanol–water partition coefficient (Wildman–Crippen LogP) is 1.04. The third kappa shape index (κ3) is 4.44. The van der Waals surface area contributed by atoms with Gasteiger partial charge in [0.05, 0.1) is 12.7 Å². The van der Waals surface area contributed by atoms with Crippen molar-refractivity contribution in [2.24, 2.45) is 0 Å². The number of carboxylic acids is 1. The van der Waals surface area contributed by atoms with Gasteiger partial charge in [-0.25, -0.2) is 0 Å². The van der Waals surface area contributed by atoms with Crippen molar-refractivity contribution in [3.8, 4) is 0 Å². The molecule has 110 valence electrons. The van der Waals surface area contributed by atoms with Crippen molar-refractivity contribution < 1.29 is 14.6 Å². The van der Waals surface area contributed by atoms with Crippen LogP contribution >= 0.6 is 0 Å². The molecule has 0 spiro atoms. The Hall–Kier alpha value is -0.650. The lowest BCUT2D eigenvalue weighted by atomic mass is 10.1. The molecular weight excluding hydrogens is 244 g/mol. The number of nitrogens with zero attached hydrogens (tertiary/aromatic N) is 2. The second-order valence-electron chi connectivity index (χ2n) is 5.67. The fraction of sp³-hybridized carbons (Fsp3) is 0.929. The summed E-state index contributed by atoms with van der Waals surface area (Å²) < 4.78 is 5.92. The quantitative estimate of drug-likeness (QED) is 0.781. The highest BCUT2D eigenvalue weighted by Crippen LogP contribution is 2.16. The van der Waals surface area contributed by atoms with Crippen molar-refractivity contribution in [1.82, 2.24) is 9.80 Å². The minimum absolute atomic E-state index is 0.319. The molecule has 0 aromatic rings. The van der Waals surface area contributed by atoms with Gasteiger partial charge in [-0.3, -0.25) is 9.69 Å². The van der Waals surface area contributed by atoms with Crippen molar-refractivity contribution >= 4 is 5.97 Å².